The summed E-state index contributed by atoms with van der Waals surface area (Å²) in [4.78, 5) is 35.2. The van der Waals surface area contributed by atoms with E-state index in [2.05, 4.69) is 22.5 Å². The van der Waals surface area contributed by atoms with Gasteiger partial charge in [-0.05, 0) is 18.6 Å². The van der Waals surface area contributed by atoms with E-state index in [1.807, 2.05) is 0 Å². The van der Waals surface area contributed by atoms with Crippen LogP contribution in [0.3, 0.4) is 0 Å². The number of fused-ring (bicyclic) bond motifs is 1. The molecule has 0 saturated heterocycles. The van der Waals surface area contributed by atoms with Crippen molar-refractivity contribution >= 4 is 28.8 Å². The van der Waals surface area contributed by atoms with Gasteiger partial charge in [0.05, 0.1) is 17.7 Å². The Bertz CT molecular complexity index is 1130. The fourth-order valence-electron chi connectivity index (χ4n) is 2.78. The summed E-state index contributed by atoms with van der Waals surface area (Å²) in [6.45, 7) is 2.47. The van der Waals surface area contributed by atoms with Crippen LogP contribution in [0.4, 0.5) is 5.88 Å². The number of nitrogens with zero attached hydrogens (tertiary/aromatic N) is 4. The van der Waals surface area contributed by atoms with Gasteiger partial charge in [-0.25, -0.2) is 10.1 Å². The molecule has 3 rings (SSSR count). The van der Waals surface area contributed by atoms with E-state index in [0.29, 0.717) is 17.3 Å². The van der Waals surface area contributed by atoms with Gasteiger partial charge < -0.3 is 4.42 Å². The van der Waals surface area contributed by atoms with Crippen molar-refractivity contribution in [1.82, 2.24) is 15.2 Å². The van der Waals surface area contributed by atoms with Crippen molar-refractivity contribution in [2.75, 3.05) is 0 Å². The lowest BCUT2D eigenvalue weighted by Crippen LogP contribution is -2.29. The van der Waals surface area contributed by atoms with E-state index >= 15 is 0 Å². The Hall–Kier alpha value is -3.82. The molecule has 0 radical (unpaired) electrons. The number of hydrogen-bond donors (Lipinski definition) is 1. The van der Waals surface area contributed by atoms with Crippen LogP contribution in [0.5, 0.6) is 0 Å². The van der Waals surface area contributed by atoms with Crippen LogP contribution in [0.25, 0.3) is 10.8 Å². The van der Waals surface area contributed by atoms with Gasteiger partial charge >= 0.3 is 5.88 Å². The second kappa shape index (κ2) is 8.91. The molecular formula is C19H19N5O5. The topological polar surface area (TPSA) is 133 Å². The van der Waals surface area contributed by atoms with Gasteiger partial charge in [-0.3, -0.25) is 19.7 Å². The zero-order chi connectivity index (χ0) is 20.8. The third kappa shape index (κ3) is 4.54. The Labute approximate surface area is 165 Å². The van der Waals surface area contributed by atoms with Crippen molar-refractivity contribution in [1.29, 1.82) is 0 Å². The Morgan fingerprint density at radius 3 is 2.72 bits per heavy atom. The standard InChI is InChI=1S/C19H19N5O5/c1-2-3-6-11-23-19(26)15-8-5-4-7-14(15)17(22-23)18(25)21-20-12-13-9-10-16(29-13)24(27)28/h4-5,7-10,12H,2-3,6,11H2,1H3,(H,21,25)/b20-12-. The van der Waals surface area contributed by atoms with E-state index in [-0.39, 0.29) is 17.0 Å². The number of amides is 1. The molecule has 1 N–H and O–H groups in total. The minimum absolute atomic E-state index is 0.0688. The Balaban J connectivity index is 1.85. The van der Waals surface area contributed by atoms with Gasteiger partial charge in [-0.2, -0.15) is 10.2 Å². The molecule has 0 saturated carbocycles. The van der Waals surface area contributed by atoms with Crippen molar-refractivity contribution in [2.24, 2.45) is 5.10 Å². The van der Waals surface area contributed by atoms with E-state index in [1.54, 1.807) is 24.3 Å². The van der Waals surface area contributed by atoms with Crippen molar-refractivity contribution in [3.05, 3.63) is 68.3 Å². The second-order valence-corrected chi connectivity index (χ2v) is 6.26. The molecule has 1 amide bonds. The summed E-state index contributed by atoms with van der Waals surface area (Å²) in [6.07, 6.45) is 3.86. The number of rotatable bonds is 8. The molecule has 0 fully saturated rings. The van der Waals surface area contributed by atoms with E-state index in [1.165, 1.54) is 16.8 Å². The summed E-state index contributed by atoms with van der Waals surface area (Å²) in [5, 5.41) is 19.4. The molecule has 150 valence electrons. The molecule has 29 heavy (non-hydrogen) atoms. The molecule has 10 nitrogen and oxygen atoms in total. The highest BCUT2D eigenvalue weighted by Crippen LogP contribution is 2.15. The smallest absolute Gasteiger partial charge is 0.400 e. The van der Waals surface area contributed by atoms with Crippen molar-refractivity contribution in [2.45, 2.75) is 32.7 Å². The summed E-state index contributed by atoms with van der Waals surface area (Å²) in [6, 6.07) is 9.28. The molecule has 0 aliphatic heterocycles. The third-order valence-electron chi connectivity index (χ3n) is 4.21. The second-order valence-electron chi connectivity index (χ2n) is 6.26. The summed E-state index contributed by atoms with van der Waals surface area (Å²) in [5.74, 6) is -0.924. The number of nitro groups is 1. The minimum atomic E-state index is -0.673. The maximum Gasteiger partial charge on any atom is 0.433 e. The first-order valence-electron chi connectivity index (χ1n) is 9.08. The lowest BCUT2D eigenvalue weighted by molar-refractivity contribution is -0.402. The van der Waals surface area contributed by atoms with Crippen LogP contribution in [-0.4, -0.2) is 26.8 Å². The molecular weight excluding hydrogens is 378 g/mol. The Morgan fingerprint density at radius 2 is 2.03 bits per heavy atom. The van der Waals surface area contributed by atoms with Crippen molar-refractivity contribution in [3.8, 4) is 0 Å². The largest absolute Gasteiger partial charge is 0.433 e. The zero-order valence-electron chi connectivity index (χ0n) is 15.7. The number of nitrogens with one attached hydrogen (secondary N) is 1. The molecule has 2 heterocycles. The maximum absolute atomic E-state index is 12.6. The summed E-state index contributed by atoms with van der Waals surface area (Å²) < 4.78 is 6.23. The zero-order valence-corrected chi connectivity index (χ0v) is 15.7. The number of hydrogen-bond acceptors (Lipinski definition) is 7. The average molecular weight is 397 g/mol. The predicted octanol–water partition coefficient (Wildman–Crippen LogP) is 2.85. The monoisotopic (exact) mass is 397 g/mol. The van der Waals surface area contributed by atoms with Crippen molar-refractivity contribution in [3.63, 3.8) is 0 Å². The van der Waals surface area contributed by atoms with Crippen LogP contribution in [-0.2, 0) is 6.54 Å². The molecule has 10 heteroatoms. The fourth-order valence-corrected chi connectivity index (χ4v) is 2.78. The molecule has 0 aliphatic carbocycles. The molecule has 1 aromatic carbocycles. The summed E-state index contributed by atoms with van der Waals surface area (Å²) >= 11 is 0. The van der Waals surface area contributed by atoms with Crippen LogP contribution in [0, 0.1) is 10.1 Å². The number of aromatic nitrogens is 2. The minimum Gasteiger partial charge on any atom is -0.400 e. The first-order chi connectivity index (χ1) is 14.0. The van der Waals surface area contributed by atoms with E-state index in [9.17, 15) is 19.7 Å². The first kappa shape index (κ1) is 19.9. The van der Waals surface area contributed by atoms with Gasteiger partial charge in [0.15, 0.2) is 11.5 Å². The van der Waals surface area contributed by atoms with Gasteiger partial charge in [0, 0.05) is 11.9 Å². The van der Waals surface area contributed by atoms with Crippen molar-refractivity contribution < 1.29 is 14.1 Å². The van der Waals surface area contributed by atoms with Crippen LogP contribution in [0.2, 0.25) is 0 Å². The van der Waals surface area contributed by atoms with E-state index in [4.69, 9.17) is 4.42 Å². The molecule has 2 aromatic heterocycles. The molecule has 0 bridgehead atoms. The summed E-state index contributed by atoms with van der Waals surface area (Å²) in [7, 11) is 0. The van der Waals surface area contributed by atoms with Crippen LogP contribution < -0.4 is 11.0 Å². The Kier molecular flexibility index (Phi) is 6.12. The van der Waals surface area contributed by atoms with Gasteiger partial charge in [0.2, 0.25) is 0 Å². The molecule has 3 aromatic rings. The fraction of sp³-hybridized carbons (Fsp3) is 0.263. The third-order valence-corrected chi connectivity index (χ3v) is 4.21. The lowest BCUT2D eigenvalue weighted by Gasteiger charge is -2.09. The molecule has 0 unspecified atom stereocenters. The SMILES string of the molecule is CCCCCn1nc(C(=O)N/N=C\c2ccc([N+](=O)[O-])o2)c2ccccc2c1=O. The number of carbonyl (C=O) groups excluding carboxylic acids is 1. The van der Waals surface area contributed by atoms with Crippen LogP contribution >= 0.6 is 0 Å². The lowest BCUT2D eigenvalue weighted by atomic mass is 10.1. The molecule has 0 atom stereocenters. The van der Waals surface area contributed by atoms with Gasteiger partial charge in [-0.1, -0.05) is 38.0 Å². The highest BCUT2D eigenvalue weighted by molar-refractivity contribution is 6.04. The number of hydrazone groups is 1. The van der Waals surface area contributed by atoms with Crippen LogP contribution in [0.1, 0.15) is 42.4 Å². The molecule has 0 aliphatic rings. The average Bonchev–Trinajstić information content (AvgIpc) is 3.19. The quantitative estimate of drug-likeness (QED) is 0.269. The predicted molar refractivity (Wildman–Crippen MR) is 106 cm³/mol. The highest BCUT2D eigenvalue weighted by Gasteiger charge is 2.16. The Morgan fingerprint density at radius 1 is 1.28 bits per heavy atom. The van der Waals surface area contributed by atoms with E-state index < -0.39 is 16.7 Å². The first-order valence-corrected chi connectivity index (χ1v) is 9.08. The highest BCUT2D eigenvalue weighted by atomic mass is 16.6. The maximum atomic E-state index is 12.6. The van der Waals surface area contributed by atoms with E-state index in [0.717, 1.165) is 25.5 Å². The van der Waals surface area contributed by atoms with Gasteiger partial charge in [-0.15, -0.1) is 0 Å². The number of furan rings is 1. The normalized spacial score (nSPS) is 11.2. The number of unbranched alkanes of at least 4 members (excludes halogenated alkanes) is 2. The number of aryl methyl sites for hydroxylation is 1. The molecule has 0 spiro atoms. The number of benzene rings is 1. The number of carbonyl (C=O) groups is 1. The van der Waals surface area contributed by atoms with Gasteiger partial charge in [0.25, 0.3) is 11.5 Å². The summed E-state index contributed by atoms with van der Waals surface area (Å²) in [5.41, 5.74) is 2.13. The van der Waals surface area contributed by atoms with Crippen LogP contribution in [0.15, 0.2) is 50.7 Å². The van der Waals surface area contributed by atoms with Gasteiger partial charge in [0.1, 0.15) is 4.92 Å².